The Morgan fingerprint density at radius 3 is 2.81 bits per heavy atom. The van der Waals surface area contributed by atoms with E-state index in [0.29, 0.717) is 13.2 Å². The van der Waals surface area contributed by atoms with Crippen LogP contribution in [0.1, 0.15) is 52.2 Å². The van der Waals surface area contributed by atoms with Gasteiger partial charge in [0.15, 0.2) is 0 Å². The molecule has 2 aliphatic rings. The van der Waals surface area contributed by atoms with Gasteiger partial charge in [0.2, 0.25) is 0 Å². The highest BCUT2D eigenvalue weighted by Crippen LogP contribution is 2.31. The molecule has 3 rings (SSSR count). The normalized spacial score (nSPS) is 22.0. The summed E-state index contributed by atoms with van der Waals surface area (Å²) in [6, 6.07) is 6.26. The first kappa shape index (κ1) is 20.3. The van der Waals surface area contributed by atoms with Gasteiger partial charge in [-0.25, -0.2) is 4.79 Å². The van der Waals surface area contributed by atoms with Crippen molar-refractivity contribution >= 4 is 36.6 Å². The molecule has 0 aliphatic carbocycles. The van der Waals surface area contributed by atoms with E-state index < -0.39 is 5.60 Å². The smallest absolute Gasteiger partial charge is 0.410 e. The molecule has 1 unspecified atom stereocenters. The Hall–Kier alpha value is -1.41. The van der Waals surface area contributed by atoms with Crippen LogP contribution in [0.5, 0.6) is 5.75 Å². The fourth-order valence-corrected chi connectivity index (χ4v) is 5.43. The van der Waals surface area contributed by atoms with Gasteiger partial charge in [0.1, 0.15) is 15.0 Å². The van der Waals surface area contributed by atoms with Crippen molar-refractivity contribution in [3.05, 3.63) is 33.4 Å². The number of likely N-dealkylation sites (tertiary alicyclic amines) is 1. The molecule has 6 heteroatoms. The van der Waals surface area contributed by atoms with Crippen molar-refractivity contribution in [3.63, 3.8) is 0 Å². The van der Waals surface area contributed by atoms with Crippen LogP contribution in [0.2, 0.25) is 0 Å². The molecular formula is C21H28INO4. The molecule has 0 radical (unpaired) electrons. The topological polar surface area (TPSA) is 48.0 Å². The summed E-state index contributed by atoms with van der Waals surface area (Å²) in [7, 11) is 0. The minimum atomic E-state index is -0.485. The van der Waals surface area contributed by atoms with Crippen LogP contribution in [0.4, 0.5) is 4.79 Å². The summed E-state index contributed by atoms with van der Waals surface area (Å²) < 4.78 is 20.8. The number of amides is 1. The maximum atomic E-state index is 12.4. The predicted octanol–water partition coefficient (Wildman–Crippen LogP) is 4.93. The number of halogens is 1. The molecule has 0 N–H and O–H groups in total. The third-order valence-corrected chi connectivity index (χ3v) is 6.51. The van der Waals surface area contributed by atoms with Crippen LogP contribution >= 0.6 is 20.7 Å². The molecule has 2 aliphatic heterocycles. The Morgan fingerprint density at radius 2 is 2.11 bits per heavy atom. The van der Waals surface area contributed by atoms with Crippen molar-refractivity contribution in [2.24, 2.45) is 0 Å². The zero-order chi connectivity index (χ0) is 19.6. The minimum Gasteiger partial charge on any atom is -0.494 e. The van der Waals surface area contributed by atoms with E-state index >= 15 is 0 Å². The fourth-order valence-electron chi connectivity index (χ4n) is 3.21. The Balaban J connectivity index is 1.68. The van der Waals surface area contributed by atoms with Crippen LogP contribution in [0, 0.1) is 0 Å². The number of ether oxygens (including phenoxy) is 3. The third kappa shape index (κ3) is 5.10. The zero-order valence-corrected chi connectivity index (χ0v) is 18.8. The van der Waals surface area contributed by atoms with E-state index in [9.17, 15) is 4.79 Å². The quantitative estimate of drug-likeness (QED) is 0.568. The molecular weight excluding hydrogens is 457 g/mol. The number of hydrogen-bond acceptors (Lipinski definition) is 4. The molecule has 0 spiro atoms. The van der Waals surface area contributed by atoms with Gasteiger partial charge >= 0.3 is 6.09 Å². The molecule has 27 heavy (non-hydrogen) atoms. The van der Waals surface area contributed by atoms with E-state index in [-0.39, 0.29) is 39.0 Å². The van der Waals surface area contributed by atoms with E-state index in [1.807, 2.05) is 33.8 Å². The summed E-state index contributed by atoms with van der Waals surface area (Å²) >= 11 is -0.306. The second-order valence-electron chi connectivity index (χ2n) is 7.81. The van der Waals surface area contributed by atoms with Gasteiger partial charge in [-0.15, -0.1) is 0 Å². The number of rotatable bonds is 4. The van der Waals surface area contributed by atoms with Gasteiger partial charge in [-0.05, 0) is 75.0 Å². The Labute approximate surface area is 171 Å². The highest BCUT2D eigenvalue weighted by atomic mass is 127. The molecule has 148 valence electrons. The van der Waals surface area contributed by atoms with Crippen LogP contribution in [0.3, 0.4) is 0 Å². The Bertz CT molecular complexity index is 766. The molecule has 0 bridgehead atoms. The highest BCUT2D eigenvalue weighted by molar-refractivity contribution is 14.2. The predicted molar refractivity (Wildman–Crippen MR) is 117 cm³/mol. The van der Waals surface area contributed by atoms with Gasteiger partial charge in [-0.2, -0.15) is 0 Å². The average molecular weight is 485 g/mol. The molecule has 2 atom stereocenters. The number of carbonyl (C=O) groups excluding carboxylic acids is 1. The number of hydrogen-bond donors (Lipinski definition) is 0. The van der Waals surface area contributed by atoms with E-state index in [4.69, 9.17) is 14.2 Å². The first-order valence-corrected chi connectivity index (χ1v) is 11.7. The van der Waals surface area contributed by atoms with E-state index in [2.05, 4.69) is 29.2 Å². The van der Waals surface area contributed by atoms with E-state index in [1.54, 1.807) is 4.90 Å². The van der Waals surface area contributed by atoms with E-state index in [0.717, 1.165) is 27.0 Å². The highest BCUT2D eigenvalue weighted by Gasteiger charge is 2.36. The van der Waals surface area contributed by atoms with Crippen LogP contribution in [0.15, 0.2) is 22.3 Å². The van der Waals surface area contributed by atoms with Gasteiger partial charge in [0.25, 0.3) is 0 Å². The summed E-state index contributed by atoms with van der Waals surface area (Å²) in [5.74, 6) is 0.880. The van der Waals surface area contributed by atoms with Crippen molar-refractivity contribution in [1.29, 1.82) is 0 Å². The van der Waals surface area contributed by atoms with Crippen molar-refractivity contribution in [2.75, 3.05) is 13.2 Å². The monoisotopic (exact) mass is 485 g/mol. The summed E-state index contributed by atoms with van der Waals surface area (Å²) in [5, 5.41) is 0. The number of nitrogens with zero attached hydrogens (tertiary/aromatic N) is 1. The second kappa shape index (κ2) is 8.31. The molecule has 1 fully saturated rings. The summed E-state index contributed by atoms with van der Waals surface area (Å²) in [6.07, 6.45) is 2.73. The van der Waals surface area contributed by atoms with Gasteiger partial charge < -0.3 is 19.1 Å². The van der Waals surface area contributed by atoms with E-state index in [1.165, 1.54) is 0 Å². The van der Waals surface area contributed by atoms with Crippen molar-refractivity contribution in [1.82, 2.24) is 4.90 Å². The standard InChI is InChI=1S/C21H28INO4/c1-6-25-16-7-8-18-15(12-16)9-10-22-19(18)26-17-11-14(2)23(13-17)20(24)27-21(3,4)5/h7-10,12,14,17H,6,11,13H2,1-5H3/t14?,17-/m1/s1. The average Bonchev–Trinajstić information content (AvgIpc) is 2.94. The van der Waals surface area contributed by atoms with Gasteiger partial charge in [-0.3, -0.25) is 0 Å². The SMILES string of the molecule is CCOc1ccc2c(c1)C=CI=C2O[C@@H]1CC(C)N(C(=O)OC(C)(C)C)C1. The molecule has 5 nitrogen and oxygen atoms in total. The summed E-state index contributed by atoms with van der Waals surface area (Å²) in [4.78, 5) is 14.2. The van der Waals surface area contributed by atoms with Gasteiger partial charge in [0, 0.05) is 11.6 Å². The number of fused-ring (bicyclic) bond motifs is 1. The van der Waals surface area contributed by atoms with Crippen molar-refractivity contribution < 1.29 is 19.0 Å². The lowest BCUT2D eigenvalue weighted by Gasteiger charge is -2.26. The van der Waals surface area contributed by atoms with Crippen LogP contribution < -0.4 is 4.74 Å². The first-order valence-electron chi connectivity index (χ1n) is 9.37. The van der Waals surface area contributed by atoms with Gasteiger partial charge in [0.05, 0.1) is 19.3 Å². The first-order chi connectivity index (χ1) is 12.8. The molecule has 1 aromatic carbocycles. The molecule has 0 saturated carbocycles. The van der Waals surface area contributed by atoms with Crippen LogP contribution in [-0.4, -0.2) is 45.6 Å². The van der Waals surface area contributed by atoms with Crippen molar-refractivity contribution in [3.8, 4) is 5.75 Å². The lowest BCUT2D eigenvalue weighted by atomic mass is 10.1. The van der Waals surface area contributed by atoms with Crippen LogP contribution in [0.25, 0.3) is 6.08 Å². The second-order valence-corrected chi connectivity index (χ2v) is 10.1. The van der Waals surface area contributed by atoms with Gasteiger partial charge in [-0.1, -0.05) is 20.7 Å². The lowest BCUT2D eigenvalue weighted by Crippen LogP contribution is -2.39. The molecule has 1 saturated heterocycles. The molecule has 1 aromatic rings. The molecule has 2 heterocycles. The lowest BCUT2D eigenvalue weighted by molar-refractivity contribution is 0.0223. The fraction of sp³-hybridized carbons (Fsp3) is 0.524. The maximum Gasteiger partial charge on any atom is 0.410 e. The number of benzene rings is 1. The number of carbonyl (C=O) groups is 1. The summed E-state index contributed by atoms with van der Waals surface area (Å²) in [6.45, 7) is 10.9. The maximum absolute atomic E-state index is 12.4. The third-order valence-electron chi connectivity index (χ3n) is 4.38. The Kier molecular flexibility index (Phi) is 6.25. The Morgan fingerprint density at radius 1 is 1.33 bits per heavy atom. The largest absolute Gasteiger partial charge is 0.494 e. The minimum absolute atomic E-state index is 0.00753. The molecule has 0 aromatic heterocycles. The van der Waals surface area contributed by atoms with Crippen LogP contribution in [-0.2, 0) is 9.47 Å². The zero-order valence-electron chi connectivity index (χ0n) is 16.6. The van der Waals surface area contributed by atoms with Crippen molar-refractivity contribution in [2.45, 2.75) is 58.8 Å². The summed E-state index contributed by atoms with van der Waals surface area (Å²) in [5.41, 5.74) is 1.80. The molecule has 1 amide bonds.